The van der Waals surface area contributed by atoms with E-state index in [1.807, 2.05) is 0 Å². The molecule has 0 bridgehead atoms. The molecule has 0 saturated carbocycles. The molecule has 0 N–H and O–H groups in total. The first-order valence-electron chi connectivity index (χ1n) is 4.35. The molecule has 1 rings (SSSR count). The lowest BCUT2D eigenvalue weighted by atomic mass is 10.3. The van der Waals surface area contributed by atoms with Crippen molar-refractivity contribution in [1.29, 1.82) is 0 Å². The fourth-order valence-electron chi connectivity index (χ4n) is 1.27. The molecule has 0 aliphatic rings. The molecule has 12 heavy (non-hydrogen) atoms. The predicted octanol–water partition coefficient (Wildman–Crippen LogP) is 2.24. The van der Waals surface area contributed by atoms with Crippen LogP contribution in [0.3, 0.4) is 0 Å². The highest BCUT2D eigenvalue weighted by atomic mass is 28.3. The van der Waals surface area contributed by atoms with Crippen LogP contribution in [0.2, 0.25) is 19.6 Å². The zero-order valence-electron chi connectivity index (χ0n) is 8.60. The third kappa shape index (κ3) is 2.17. The van der Waals surface area contributed by atoms with Gasteiger partial charge < -0.3 is 0 Å². The molecule has 0 fully saturated rings. The molecule has 0 aliphatic heterocycles. The van der Waals surface area contributed by atoms with Gasteiger partial charge in [-0.1, -0.05) is 24.8 Å². The van der Waals surface area contributed by atoms with Gasteiger partial charge in [0.15, 0.2) is 0 Å². The third-order valence-corrected chi connectivity index (χ3v) is 3.97. The Morgan fingerprint density at radius 2 is 1.42 bits per heavy atom. The average Bonchev–Trinajstić information content (AvgIpc) is 1.82. The summed E-state index contributed by atoms with van der Waals surface area (Å²) in [5, 5.41) is 1.51. The van der Waals surface area contributed by atoms with Crippen molar-refractivity contribution in [3.05, 3.63) is 23.5 Å². The van der Waals surface area contributed by atoms with Gasteiger partial charge in [0.05, 0.1) is 8.07 Å². The minimum absolute atomic E-state index is 1.14. The summed E-state index contributed by atoms with van der Waals surface area (Å²) in [4.78, 5) is 4.37. The number of aryl methyl sites for hydroxylation is 2. The molecular weight excluding hydrogens is 162 g/mol. The number of pyridine rings is 1. The van der Waals surface area contributed by atoms with Crippen LogP contribution in [0.4, 0.5) is 0 Å². The van der Waals surface area contributed by atoms with E-state index in [0.29, 0.717) is 0 Å². The predicted molar refractivity (Wildman–Crippen MR) is 56.7 cm³/mol. The van der Waals surface area contributed by atoms with Crippen molar-refractivity contribution < 1.29 is 0 Å². The second-order valence-corrected chi connectivity index (χ2v) is 9.47. The maximum Gasteiger partial charge on any atom is 0.0777 e. The van der Waals surface area contributed by atoms with Gasteiger partial charge in [0.2, 0.25) is 0 Å². The second-order valence-electron chi connectivity index (χ2n) is 4.39. The van der Waals surface area contributed by atoms with Crippen LogP contribution in [-0.2, 0) is 0 Å². The maximum atomic E-state index is 4.37. The lowest BCUT2D eigenvalue weighted by Gasteiger charge is -2.17. The molecule has 0 radical (unpaired) electrons. The van der Waals surface area contributed by atoms with Gasteiger partial charge in [0.1, 0.15) is 0 Å². The van der Waals surface area contributed by atoms with Gasteiger partial charge in [0.25, 0.3) is 0 Å². The summed E-state index contributed by atoms with van der Waals surface area (Å²) in [6.07, 6.45) is 0. The summed E-state index contributed by atoms with van der Waals surface area (Å²) in [6, 6.07) is 4.44. The van der Waals surface area contributed by atoms with Gasteiger partial charge in [-0.3, -0.25) is 4.98 Å². The first kappa shape index (κ1) is 9.45. The smallest absolute Gasteiger partial charge is 0.0777 e. The molecule has 1 aromatic heterocycles. The van der Waals surface area contributed by atoms with Crippen molar-refractivity contribution in [1.82, 2.24) is 4.98 Å². The fraction of sp³-hybridized carbons (Fsp3) is 0.500. The molecule has 0 amide bonds. The Labute approximate surface area is 75.9 Å². The summed E-state index contributed by atoms with van der Waals surface area (Å²) in [5.41, 5.74) is 2.29. The molecule has 1 nitrogen and oxygen atoms in total. The summed E-state index contributed by atoms with van der Waals surface area (Å²) in [5.74, 6) is 0. The van der Waals surface area contributed by atoms with Gasteiger partial charge in [-0.15, -0.1) is 0 Å². The number of rotatable bonds is 1. The van der Waals surface area contributed by atoms with Crippen LogP contribution in [0.1, 0.15) is 11.4 Å². The van der Waals surface area contributed by atoms with Crippen molar-refractivity contribution in [3.8, 4) is 0 Å². The fourth-order valence-corrected chi connectivity index (χ4v) is 2.55. The Hall–Kier alpha value is -0.633. The minimum atomic E-state index is -1.14. The standard InChI is InChI=1S/C10H17NSi/c1-8-6-10(12(3,4)5)7-9(2)11-8/h6-7H,1-5H3. The van der Waals surface area contributed by atoms with Gasteiger partial charge in [0, 0.05) is 11.4 Å². The molecule has 0 unspecified atom stereocenters. The van der Waals surface area contributed by atoms with E-state index >= 15 is 0 Å². The summed E-state index contributed by atoms with van der Waals surface area (Å²) in [6.45, 7) is 11.2. The van der Waals surface area contributed by atoms with Gasteiger partial charge in [-0.2, -0.15) is 0 Å². The number of aromatic nitrogens is 1. The lowest BCUT2D eigenvalue weighted by Crippen LogP contribution is -2.38. The van der Waals surface area contributed by atoms with Crippen molar-refractivity contribution >= 4 is 13.3 Å². The Morgan fingerprint density at radius 1 is 1.00 bits per heavy atom. The Morgan fingerprint density at radius 3 is 1.75 bits per heavy atom. The van der Waals surface area contributed by atoms with Crippen molar-refractivity contribution in [3.63, 3.8) is 0 Å². The first-order valence-corrected chi connectivity index (χ1v) is 7.85. The molecular formula is C10H17NSi. The van der Waals surface area contributed by atoms with Gasteiger partial charge in [-0.05, 0) is 26.0 Å². The average molecular weight is 179 g/mol. The first-order chi connectivity index (χ1) is 5.39. The van der Waals surface area contributed by atoms with Gasteiger partial charge >= 0.3 is 0 Å². The molecule has 0 atom stereocenters. The Balaban J connectivity index is 3.18. The van der Waals surface area contributed by atoms with Crippen LogP contribution in [0.15, 0.2) is 12.1 Å². The van der Waals surface area contributed by atoms with Crippen LogP contribution in [0.5, 0.6) is 0 Å². The highest BCUT2D eigenvalue weighted by molar-refractivity contribution is 6.88. The maximum absolute atomic E-state index is 4.37. The van der Waals surface area contributed by atoms with E-state index < -0.39 is 8.07 Å². The van der Waals surface area contributed by atoms with E-state index in [2.05, 4.69) is 50.6 Å². The Kier molecular flexibility index (Phi) is 2.38. The number of hydrogen-bond donors (Lipinski definition) is 0. The van der Waals surface area contributed by atoms with E-state index in [-0.39, 0.29) is 0 Å². The molecule has 1 heterocycles. The number of nitrogens with zero attached hydrogens (tertiary/aromatic N) is 1. The third-order valence-electron chi connectivity index (χ3n) is 1.95. The van der Waals surface area contributed by atoms with E-state index in [4.69, 9.17) is 0 Å². The van der Waals surface area contributed by atoms with Crippen LogP contribution >= 0.6 is 0 Å². The molecule has 66 valence electrons. The quantitative estimate of drug-likeness (QED) is 0.603. The number of hydrogen-bond acceptors (Lipinski definition) is 1. The molecule has 0 saturated heterocycles. The van der Waals surface area contributed by atoms with Crippen molar-refractivity contribution in [2.75, 3.05) is 0 Å². The van der Waals surface area contributed by atoms with Crippen LogP contribution in [0.25, 0.3) is 0 Å². The molecule has 1 aromatic rings. The van der Waals surface area contributed by atoms with Crippen LogP contribution in [0, 0.1) is 13.8 Å². The normalized spacial score (nSPS) is 11.8. The van der Waals surface area contributed by atoms with Gasteiger partial charge in [-0.25, -0.2) is 0 Å². The van der Waals surface area contributed by atoms with E-state index in [1.165, 1.54) is 5.19 Å². The van der Waals surface area contributed by atoms with Crippen molar-refractivity contribution in [2.24, 2.45) is 0 Å². The zero-order chi connectivity index (χ0) is 9.35. The molecule has 0 aromatic carbocycles. The Bertz CT molecular complexity index is 266. The SMILES string of the molecule is Cc1cc([Si](C)(C)C)cc(C)n1. The molecule has 0 aliphatic carbocycles. The zero-order valence-corrected chi connectivity index (χ0v) is 9.60. The van der Waals surface area contributed by atoms with Crippen molar-refractivity contribution in [2.45, 2.75) is 33.5 Å². The lowest BCUT2D eigenvalue weighted by molar-refractivity contribution is 1.13. The summed E-state index contributed by atoms with van der Waals surface area (Å²) >= 11 is 0. The van der Waals surface area contributed by atoms with E-state index in [0.717, 1.165) is 11.4 Å². The van der Waals surface area contributed by atoms with Crippen LogP contribution < -0.4 is 5.19 Å². The van der Waals surface area contributed by atoms with E-state index in [1.54, 1.807) is 0 Å². The summed E-state index contributed by atoms with van der Waals surface area (Å²) < 4.78 is 0. The molecule has 2 heteroatoms. The minimum Gasteiger partial charge on any atom is -0.258 e. The monoisotopic (exact) mass is 179 g/mol. The second kappa shape index (κ2) is 3.02. The highest BCUT2D eigenvalue weighted by Gasteiger charge is 2.16. The topological polar surface area (TPSA) is 12.9 Å². The largest absolute Gasteiger partial charge is 0.258 e. The summed E-state index contributed by atoms with van der Waals surface area (Å²) in [7, 11) is -1.14. The molecule has 0 spiro atoms. The van der Waals surface area contributed by atoms with Crippen LogP contribution in [-0.4, -0.2) is 13.1 Å². The van der Waals surface area contributed by atoms with E-state index in [9.17, 15) is 0 Å². The highest BCUT2D eigenvalue weighted by Crippen LogP contribution is 2.04.